The molecule has 0 bridgehead atoms. The molecule has 0 saturated heterocycles. The highest BCUT2D eigenvalue weighted by Gasteiger charge is 2.15. The molecule has 0 aliphatic rings. The van der Waals surface area contributed by atoms with Crippen LogP contribution in [0.3, 0.4) is 0 Å². The van der Waals surface area contributed by atoms with Gasteiger partial charge in [0.25, 0.3) is 5.91 Å². The van der Waals surface area contributed by atoms with Gasteiger partial charge in [-0.3, -0.25) is 9.78 Å². The Morgan fingerprint density at radius 3 is 2.67 bits per heavy atom. The topological polar surface area (TPSA) is 54.0 Å². The highest BCUT2D eigenvalue weighted by molar-refractivity contribution is 5.99. The SMILES string of the molecule is CCCCC(CCC)NC(=O)c1ccncc1NCCC. The number of anilines is 1. The fourth-order valence-corrected chi connectivity index (χ4v) is 2.34. The highest BCUT2D eigenvalue weighted by Crippen LogP contribution is 2.15. The lowest BCUT2D eigenvalue weighted by molar-refractivity contribution is 0.0933. The van der Waals surface area contributed by atoms with Crippen LogP contribution >= 0.6 is 0 Å². The number of nitrogens with one attached hydrogen (secondary N) is 2. The number of amides is 1. The minimum Gasteiger partial charge on any atom is -0.383 e. The molecule has 1 atom stereocenters. The molecule has 0 spiro atoms. The van der Waals surface area contributed by atoms with E-state index in [9.17, 15) is 4.79 Å². The standard InChI is InChI=1S/C17H29N3O/c1-4-7-9-14(8-5-2)20-17(21)15-10-12-18-13-16(15)19-11-6-3/h10,12-14,19H,4-9,11H2,1-3H3,(H,20,21). The van der Waals surface area contributed by atoms with Crippen molar-refractivity contribution in [1.82, 2.24) is 10.3 Å². The summed E-state index contributed by atoms with van der Waals surface area (Å²) >= 11 is 0. The number of pyridine rings is 1. The largest absolute Gasteiger partial charge is 0.383 e. The van der Waals surface area contributed by atoms with Crippen LogP contribution in [0.25, 0.3) is 0 Å². The minimum absolute atomic E-state index is 0.00514. The van der Waals surface area contributed by atoms with Gasteiger partial charge in [0.05, 0.1) is 17.4 Å². The maximum atomic E-state index is 12.5. The third kappa shape index (κ3) is 6.15. The summed E-state index contributed by atoms with van der Waals surface area (Å²) in [5.41, 5.74) is 1.51. The Balaban J connectivity index is 2.72. The summed E-state index contributed by atoms with van der Waals surface area (Å²) in [5, 5.41) is 6.45. The fraction of sp³-hybridized carbons (Fsp3) is 0.647. The van der Waals surface area contributed by atoms with Crippen LogP contribution in [-0.4, -0.2) is 23.5 Å². The first kappa shape index (κ1) is 17.5. The van der Waals surface area contributed by atoms with Gasteiger partial charge in [-0.1, -0.05) is 40.0 Å². The van der Waals surface area contributed by atoms with E-state index in [2.05, 4.69) is 36.4 Å². The van der Waals surface area contributed by atoms with E-state index < -0.39 is 0 Å². The lowest BCUT2D eigenvalue weighted by Gasteiger charge is -2.19. The molecule has 0 radical (unpaired) electrons. The van der Waals surface area contributed by atoms with Crippen LogP contribution < -0.4 is 10.6 Å². The van der Waals surface area contributed by atoms with Crippen LogP contribution in [0.1, 0.15) is 69.7 Å². The molecule has 0 saturated carbocycles. The van der Waals surface area contributed by atoms with Crippen molar-refractivity contribution in [3.05, 3.63) is 24.0 Å². The van der Waals surface area contributed by atoms with Crippen molar-refractivity contribution in [2.45, 2.75) is 65.3 Å². The Bertz CT molecular complexity index is 420. The second kappa shape index (κ2) is 10.2. The van der Waals surface area contributed by atoms with E-state index in [4.69, 9.17) is 0 Å². The lowest BCUT2D eigenvalue weighted by Crippen LogP contribution is -2.35. The van der Waals surface area contributed by atoms with Gasteiger partial charge in [-0.05, 0) is 25.3 Å². The van der Waals surface area contributed by atoms with E-state index in [1.807, 2.05) is 0 Å². The summed E-state index contributed by atoms with van der Waals surface area (Å²) in [7, 11) is 0. The molecule has 0 aliphatic heterocycles. The molecule has 0 fully saturated rings. The van der Waals surface area contributed by atoms with Crippen molar-refractivity contribution < 1.29 is 4.79 Å². The summed E-state index contributed by atoms with van der Waals surface area (Å²) in [5.74, 6) is 0.00514. The number of nitrogens with zero attached hydrogens (tertiary/aromatic N) is 1. The van der Waals surface area contributed by atoms with E-state index in [0.29, 0.717) is 5.56 Å². The van der Waals surface area contributed by atoms with Crippen LogP contribution in [0.5, 0.6) is 0 Å². The molecule has 1 amide bonds. The van der Waals surface area contributed by atoms with Crippen LogP contribution in [0.15, 0.2) is 18.5 Å². The van der Waals surface area contributed by atoms with Crippen LogP contribution in [0, 0.1) is 0 Å². The van der Waals surface area contributed by atoms with Gasteiger partial charge in [-0.15, -0.1) is 0 Å². The van der Waals surface area contributed by atoms with Crippen molar-refractivity contribution in [2.75, 3.05) is 11.9 Å². The first-order valence-electron chi connectivity index (χ1n) is 8.21. The van der Waals surface area contributed by atoms with Crippen LogP contribution in [0.4, 0.5) is 5.69 Å². The van der Waals surface area contributed by atoms with Crippen molar-refractivity contribution in [1.29, 1.82) is 0 Å². The molecule has 1 unspecified atom stereocenters. The molecule has 1 heterocycles. The number of hydrogen-bond donors (Lipinski definition) is 2. The van der Waals surface area contributed by atoms with Gasteiger partial charge >= 0.3 is 0 Å². The maximum Gasteiger partial charge on any atom is 0.253 e. The van der Waals surface area contributed by atoms with Crippen molar-refractivity contribution in [3.63, 3.8) is 0 Å². The second-order valence-electron chi connectivity index (χ2n) is 5.45. The smallest absolute Gasteiger partial charge is 0.253 e. The van der Waals surface area contributed by atoms with Crippen molar-refractivity contribution in [2.24, 2.45) is 0 Å². The average molecular weight is 291 g/mol. The summed E-state index contributed by atoms with van der Waals surface area (Å²) in [6.45, 7) is 7.29. The summed E-state index contributed by atoms with van der Waals surface area (Å²) in [6.07, 6.45) is 9.92. The van der Waals surface area contributed by atoms with Gasteiger partial charge < -0.3 is 10.6 Å². The van der Waals surface area contributed by atoms with Crippen molar-refractivity contribution in [3.8, 4) is 0 Å². The molecular formula is C17H29N3O. The van der Waals surface area contributed by atoms with Gasteiger partial charge in [0.1, 0.15) is 0 Å². The van der Waals surface area contributed by atoms with E-state index >= 15 is 0 Å². The molecule has 21 heavy (non-hydrogen) atoms. The Kier molecular flexibility index (Phi) is 8.48. The molecule has 4 heteroatoms. The van der Waals surface area contributed by atoms with Gasteiger partial charge in [0.15, 0.2) is 0 Å². The lowest BCUT2D eigenvalue weighted by atomic mass is 10.0. The maximum absolute atomic E-state index is 12.5. The normalized spacial score (nSPS) is 12.0. The Labute approximate surface area is 128 Å². The zero-order valence-electron chi connectivity index (χ0n) is 13.6. The number of aromatic nitrogens is 1. The Morgan fingerprint density at radius 1 is 1.19 bits per heavy atom. The minimum atomic E-state index is 0.00514. The Hall–Kier alpha value is -1.58. The van der Waals surface area contributed by atoms with Gasteiger partial charge in [0.2, 0.25) is 0 Å². The number of carbonyl (C=O) groups excluding carboxylic acids is 1. The predicted molar refractivity (Wildman–Crippen MR) is 88.7 cm³/mol. The third-order valence-electron chi connectivity index (χ3n) is 3.51. The molecule has 2 N–H and O–H groups in total. The van der Waals surface area contributed by atoms with E-state index in [0.717, 1.165) is 50.8 Å². The fourth-order valence-electron chi connectivity index (χ4n) is 2.34. The Morgan fingerprint density at radius 2 is 2.00 bits per heavy atom. The summed E-state index contributed by atoms with van der Waals surface area (Å²) in [4.78, 5) is 16.6. The molecule has 0 aromatic carbocycles. The molecule has 1 aromatic rings. The zero-order valence-corrected chi connectivity index (χ0v) is 13.6. The van der Waals surface area contributed by atoms with Gasteiger partial charge in [0, 0.05) is 18.8 Å². The van der Waals surface area contributed by atoms with Crippen molar-refractivity contribution >= 4 is 11.6 Å². The molecule has 118 valence electrons. The monoisotopic (exact) mass is 291 g/mol. The molecular weight excluding hydrogens is 262 g/mol. The van der Waals surface area contributed by atoms with Gasteiger partial charge in [-0.2, -0.15) is 0 Å². The molecule has 4 nitrogen and oxygen atoms in total. The molecule has 1 aromatic heterocycles. The average Bonchev–Trinajstić information content (AvgIpc) is 2.51. The van der Waals surface area contributed by atoms with E-state index in [-0.39, 0.29) is 11.9 Å². The molecule has 1 rings (SSSR count). The number of unbranched alkanes of at least 4 members (excludes halogenated alkanes) is 1. The second-order valence-corrected chi connectivity index (χ2v) is 5.45. The van der Waals surface area contributed by atoms with Crippen LogP contribution in [0.2, 0.25) is 0 Å². The van der Waals surface area contributed by atoms with E-state index in [1.54, 1.807) is 18.5 Å². The third-order valence-corrected chi connectivity index (χ3v) is 3.51. The predicted octanol–water partition coefficient (Wildman–Crippen LogP) is 3.99. The van der Waals surface area contributed by atoms with Crippen LogP contribution in [-0.2, 0) is 0 Å². The number of hydrogen-bond acceptors (Lipinski definition) is 3. The number of rotatable bonds is 10. The molecule has 0 aliphatic carbocycles. The first-order valence-corrected chi connectivity index (χ1v) is 8.21. The zero-order chi connectivity index (χ0) is 15.5. The van der Waals surface area contributed by atoms with Gasteiger partial charge in [-0.25, -0.2) is 0 Å². The summed E-state index contributed by atoms with van der Waals surface area (Å²) in [6, 6.07) is 2.06. The highest BCUT2D eigenvalue weighted by atomic mass is 16.1. The first-order chi connectivity index (χ1) is 10.2. The quantitative estimate of drug-likeness (QED) is 0.685. The van der Waals surface area contributed by atoms with E-state index in [1.165, 1.54) is 0 Å². The summed E-state index contributed by atoms with van der Waals surface area (Å²) < 4.78 is 0. The number of carbonyl (C=O) groups is 1.